The fourth-order valence-electron chi connectivity index (χ4n) is 1.17. The number of nitrogens with two attached hydrogens (primary N) is 1. The molecule has 1 aliphatic carbocycles. The molecule has 0 radical (unpaired) electrons. The van der Waals surface area contributed by atoms with Gasteiger partial charge in [-0.05, 0) is 19.8 Å². The molecular formula is C6H13NO2. The number of aliphatic hydroxyl groups excluding tert-OH is 1. The molecule has 0 amide bonds. The van der Waals surface area contributed by atoms with Crippen molar-refractivity contribution in [3.63, 3.8) is 0 Å². The first-order valence-electron chi connectivity index (χ1n) is 3.21. The maximum absolute atomic E-state index is 9.36. The maximum Gasteiger partial charge on any atom is 0.103 e. The molecule has 0 aromatic heterocycles. The van der Waals surface area contributed by atoms with Crippen molar-refractivity contribution < 1.29 is 10.2 Å². The molecule has 0 aromatic carbocycles. The number of hydrogen-bond donors (Lipinski definition) is 3. The van der Waals surface area contributed by atoms with Crippen molar-refractivity contribution in [1.82, 2.24) is 0 Å². The third-order valence-electron chi connectivity index (χ3n) is 2.18. The number of hydrogen-bond acceptors (Lipinski definition) is 3. The molecule has 3 heteroatoms. The molecule has 9 heavy (non-hydrogen) atoms. The van der Waals surface area contributed by atoms with Gasteiger partial charge in [-0.25, -0.2) is 0 Å². The van der Waals surface area contributed by atoms with Gasteiger partial charge in [-0.15, -0.1) is 0 Å². The molecule has 0 spiro atoms. The lowest BCUT2D eigenvalue weighted by molar-refractivity contribution is -0.0472. The molecule has 3 nitrogen and oxygen atoms in total. The number of rotatable bonds is 0. The lowest BCUT2D eigenvalue weighted by atomic mass is 9.99. The van der Waals surface area contributed by atoms with Crippen LogP contribution in [-0.2, 0) is 0 Å². The van der Waals surface area contributed by atoms with Gasteiger partial charge in [0.15, 0.2) is 0 Å². The predicted molar refractivity (Wildman–Crippen MR) is 33.8 cm³/mol. The highest BCUT2D eigenvalue weighted by molar-refractivity contribution is 4.98. The second kappa shape index (κ2) is 1.94. The summed E-state index contributed by atoms with van der Waals surface area (Å²) in [6.45, 7) is 1.58. The van der Waals surface area contributed by atoms with Crippen molar-refractivity contribution >= 4 is 0 Å². The van der Waals surface area contributed by atoms with E-state index in [9.17, 15) is 5.11 Å². The topological polar surface area (TPSA) is 66.5 Å². The van der Waals surface area contributed by atoms with E-state index in [1.54, 1.807) is 6.92 Å². The fourth-order valence-corrected chi connectivity index (χ4v) is 1.17. The van der Waals surface area contributed by atoms with Crippen LogP contribution in [0, 0.1) is 0 Å². The Morgan fingerprint density at radius 1 is 1.56 bits per heavy atom. The summed E-state index contributed by atoms with van der Waals surface area (Å²) in [5.41, 5.74) is 4.44. The molecule has 1 aliphatic rings. The first-order chi connectivity index (χ1) is 4.05. The first-order valence-corrected chi connectivity index (χ1v) is 3.21. The Labute approximate surface area is 54.5 Å². The van der Waals surface area contributed by atoms with E-state index < -0.39 is 11.7 Å². The molecular weight excluding hydrogens is 118 g/mol. The van der Waals surface area contributed by atoms with E-state index in [1.165, 1.54) is 0 Å². The van der Waals surface area contributed by atoms with Crippen LogP contribution in [0.1, 0.15) is 19.8 Å². The Bertz CT molecular complexity index is 102. The molecule has 54 valence electrons. The van der Waals surface area contributed by atoms with Gasteiger partial charge < -0.3 is 15.9 Å². The zero-order valence-electron chi connectivity index (χ0n) is 5.54. The van der Waals surface area contributed by atoms with E-state index in [2.05, 4.69) is 0 Å². The summed E-state index contributed by atoms with van der Waals surface area (Å²) in [7, 11) is 0. The van der Waals surface area contributed by atoms with Crippen LogP contribution in [0.3, 0.4) is 0 Å². The van der Waals surface area contributed by atoms with Crippen LogP contribution in [-0.4, -0.2) is 28.0 Å². The highest BCUT2D eigenvalue weighted by Crippen LogP contribution is 2.27. The van der Waals surface area contributed by atoms with Gasteiger partial charge in [0.1, 0.15) is 5.60 Å². The average molecular weight is 131 g/mol. The molecule has 3 unspecified atom stereocenters. The van der Waals surface area contributed by atoms with E-state index in [0.717, 1.165) is 0 Å². The van der Waals surface area contributed by atoms with Crippen molar-refractivity contribution in [3.05, 3.63) is 0 Å². The van der Waals surface area contributed by atoms with Crippen molar-refractivity contribution in [2.75, 3.05) is 0 Å². The smallest absolute Gasteiger partial charge is 0.103 e. The Kier molecular flexibility index (Phi) is 1.50. The van der Waals surface area contributed by atoms with Crippen LogP contribution in [0.5, 0.6) is 0 Å². The van der Waals surface area contributed by atoms with E-state index in [-0.39, 0.29) is 6.04 Å². The first kappa shape index (κ1) is 6.99. The Hall–Kier alpha value is -0.120. The van der Waals surface area contributed by atoms with E-state index in [0.29, 0.717) is 12.8 Å². The van der Waals surface area contributed by atoms with E-state index >= 15 is 0 Å². The summed E-state index contributed by atoms with van der Waals surface area (Å²) in [5, 5.41) is 18.5. The van der Waals surface area contributed by atoms with Gasteiger partial charge in [0.2, 0.25) is 0 Å². The van der Waals surface area contributed by atoms with Gasteiger partial charge in [0, 0.05) is 6.04 Å². The Morgan fingerprint density at radius 3 is 2.22 bits per heavy atom. The third-order valence-corrected chi connectivity index (χ3v) is 2.18. The summed E-state index contributed by atoms with van der Waals surface area (Å²) in [4.78, 5) is 0. The average Bonchev–Trinajstić information content (AvgIpc) is 1.96. The summed E-state index contributed by atoms with van der Waals surface area (Å²) < 4.78 is 0. The van der Waals surface area contributed by atoms with Gasteiger partial charge in [-0.1, -0.05) is 0 Å². The van der Waals surface area contributed by atoms with Crippen molar-refractivity contribution in [2.45, 2.75) is 37.5 Å². The molecule has 0 saturated heterocycles. The van der Waals surface area contributed by atoms with Gasteiger partial charge >= 0.3 is 0 Å². The summed E-state index contributed by atoms with van der Waals surface area (Å²) >= 11 is 0. The summed E-state index contributed by atoms with van der Waals surface area (Å²) in [5.74, 6) is 0. The lowest BCUT2D eigenvalue weighted by Gasteiger charge is -2.25. The minimum Gasteiger partial charge on any atom is -0.390 e. The summed E-state index contributed by atoms with van der Waals surface area (Å²) in [6.07, 6.45) is 0.704. The van der Waals surface area contributed by atoms with Gasteiger partial charge in [-0.3, -0.25) is 0 Å². The maximum atomic E-state index is 9.36. The lowest BCUT2D eigenvalue weighted by Crippen LogP contribution is -2.47. The molecule has 1 fully saturated rings. The van der Waals surface area contributed by atoms with E-state index in [1.807, 2.05) is 0 Å². The van der Waals surface area contributed by atoms with E-state index in [4.69, 9.17) is 10.8 Å². The normalized spacial score (nSPS) is 52.0. The molecule has 0 aromatic rings. The molecule has 0 bridgehead atoms. The van der Waals surface area contributed by atoms with Crippen LogP contribution in [0.2, 0.25) is 0 Å². The number of aliphatic hydroxyl groups is 2. The zero-order valence-corrected chi connectivity index (χ0v) is 5.54. The molecule has 0 heterocycles. The molecule has 4 N–H and O–H groups in total. The van der Waals surface area contributed by atoms with Gasteiger partial charge in [0.25, 0.3) is 0 Å². The second-order valence-corrected chi connectivity index (χ2v) is 2.93. The van der Waals surface area contributed by atoms with Crippen LogP contribution in [0.15, 0.2) is 0 Å². The van der Waals surface area contributed by atoms with Crippen LogP contribution >= 0.6 is 0 Å². The standard InChI is InChI=1S/C6H13NO2/c1-6(9)4(7)2-3-5(6)8/h4-5,8-9H,2-3,7H2,1H3. The van der Waals surface area contributed by atoms with Gasteiger partial charge in [0.05, 0.1) is 6.10 Å². The highest BCUT2D eigenvalue weighted by Gasteiger charge is 2.42. The van der Waals surface area contributed by atoms with Crippen LogP contribution < -0.4 is 5.73 Å². The minimum atomic E-state index is -1.06. The molecule has 0 aliphatic heterocycles. The predicted octanol–water partition coefficient (Wildman–Crippen LogP) is -0.781. The van der Waals surface area contributed by atoms with Crippen molar-refractivity contribution in [1.29, 1.82) is 0 Å². The van der Waals surface area contributed by atoms with Crippen molar-refractivity contribution in [2.24, 2.45) is 5.73 Å². The third kappa shape index (κ3) is 0.956. The minimum absolute atomic E-state index is 0.257. The Balaban J connectivity index is 2.66. The zero-order chi connectivity index (χ0) is 7.07. The van der Waals surface area contributed by atoms with Gasteiger partial charge in [-0.2, -0.15) is 0 Å². The second-order valence-electron chi connectivity index (χ2n) is 2.93. The molecule has 1 rings (SSSR count). The SMILES string of the molecule is CC1(O)C(N)CCC1O. The quantitative estimate of drug-likeness (QED) is 0.404. The highest BCUT2D eigenvalue weighted by atomic mass is 16.3. The van der Waals surface area contributed by atoms with Crippen LogP contribution in [0.4, 0.5) is 0 Å². The summed E-state index contributed by atoms with van der Waals surface area (Å²) in [6, 6.07) is -0.257. The molecule has 3 atom stereocenters. The fraction of sp³-hybridized carbons (Fsp3) is 1.00. The van der Waals surface area contributed by atoms with Crippen LogP contribution in [0.25, 0.3) is 0 Å². The largest absolute Gasteiger partial charge is 0.390 e. The van der Waals surface area contributed by atoms with Crippen molar-refractivity contribution in [3.8, 4) is 0 Å². The Morgan fingerprint density at radius 2 is 2.11 bits per heavy atom. The molecule has 1 saturated carbocycles. The monoisotopic (exact) mass is 131 g/mol.